The van der Waals surface area contributed by atoms with Gasteiger partial charge >= 0.3 is 0 Å². The van der Waals surface area contributed by atoms with Crippen molar-refractivity contribution in [2.75, 3.05) is 19.9 Å². The minimum absolute atomic E-state index is 0. The largest absolute Gasteiger partial charge is 0.454 e. The van der Waals surface area contributed by atoms with Crippen molar-refractivity contribution in [1.82, 2.24) is 20.4 Å². The van der Waals surface area contributed by atoms with Gasteiger partial charge in [0.25, 0.3) is 0 Å². The van der Waals surface area contributed by atoms with E-state index in [1.165, 1.54) is 5.56 Å². The maximum absolute atomic E-state index is 5.41. The van der Waals surface area contributed by atoms with Crippen LogP contribution in [0.5, 0.6) is 11.5 Å². The number of aliphatic imine (C=N–C) groups is 1. The number of nitrogens with zero attached hydrogens (tertiary/aromatic N) is 3. The number of halogens is 1. The molecule has 136 valence electrons. The van der Waals surface area contributed by atoms with Crippen LogP contribution in [0.2, 0.25) is 0 Å². The summed E-state index contributed by atoms with van der Waals surface area (Å²) < 4.78 is 12.6. The molecule has 25 heavy (non-hydrogen) atoms. The fourth-order valence-electron chi connectivity index (χ4n) is 2.48. The second-order valence-corrected chi connectivity index (χ2v) is 5.51. The molecule has 0 atom stereocenters. The molecule has 0 fully saturated rings. The van der Waals surface area contributed by atoms with Crippen LogP contribution in [0.1, 0.15) is 18.2 Å². The van der Waals surface area contributed by atoms with Crippen LogP contribution in [0, 0.1) is 0 Å². The van der Waals surface area contributed by atoms with E-state index in [1.54, 1.807) is 6.20 Å². The molecule has 7 nitrogen and oxygen atoms in total. The van der Waals surface area contributed by atoms with Crippen molar-refractivity contribution in [3.63, 3.8) is 0 Å². The molecule has 0 saturated heterocycles. The molecule has 1 aliphatic heterocycles. The summed E-state index contributed by atoms with van der Waals surface area (Å²) >= 11 is 0. The minimum Gasteiger partial charge on any atom is -0.454 e. The van der Waals surface area contributed by atoms with Gasteiger partial charge in [-0.3, -0.25) is 4.68 Å². The third-order valence-electron chi connectivity index (χ3n) is 3.81. The summed E-state index contributed by atoms with van der Waals surface area (Å²) in [7, 11) is 1.92. The Morgan fingerprint density at radius 2 is 2.08 bits per heavy atom. The zero-order valence-corrected chi connectivity index (χ0v) is 16.8. The van der Waals surface area contributed by atoms with Gasteiger partial charge in [0.15, 0.2) is 17.5 Å². The Bertz CT molecular complexity index is 717. The lowest BCUT2D eigenvalue weighted by molar-refractivity contribution is 0.174. The van der Waals surface area contributed by atoms with Gasteiger partial charge in [0.05, 0.1) is 12.2 Å². The quantitative estimate of drug-likeness (QED) is 0.395. The first-order valence-corrected chi connectivity index (χ1v) is 8.14. The molecule has 2 heterocycles. The molecule has 0 amide bonds. The van der Waals surface area contributed by atoms with Gasteiger partial charge in [0.1, 0.15) is 0 Å². The first-order chi connectivity index (χ1) is 11.8. The van der Waals surface area contributed by atoms with Gasteiger partial charge in [-0.2, -0.15) is 5.10 Å². The van der Waals surface area contributed by atoms with Crippen LogP contribution < -0.4 is 20.1 Å². The average molecular weight is 457 g/mol. The number of benzene rings is 1. The van der Waals surface area contributed by atoms with E-state index >= 15 is 0 Å². The number of aromatic nitrogens is 2. The standard InChI is InChI=1S/C17H23N5O2.HI/c1-3-18-17(20-11-14-7-9-21-22(14)2)19-8-6-13-4-5-15-16(10-13)24-12-23-15;/h4-5,7,9-10H,3,6,8,11-12H2,1-2H3,(H2,18,19,20);1H. The first kappa shape index (κ1) is 19.4. The Labute approximate surface area is 164 Å². The topological polar surface area (TPSA) is 72.7 Å². The fourth-order valence-corrected chi connectivity index (χ4v) is 2.48. The number of ether oxygens (including phenoxy) is 2. The maximum atomic E-state index is 5.41. The second kappa shape index (κ2) is 9.50. The van der Waals surface area contributed by atoms with Crippen molar-refractivity contribution in [3.05, 3.63) is 41.7 Å². The van der Waals surface area contributed by atoms with Crippen molar-refractivity contribution in [3.8, 4) is 11.5 Å². The summed E-state index contributed by atoms with van der Waals surface area (Å²) in [6.45, 7) is 4.56. The summed E-state index contributed by atoms with van der Waals surface area (Å²) in [6, 6.07) is 8.03. The molecule has 8 heteroatoms. The Morgan fingerprint density at radius 1 is 1.24 bits per heavy atom. The van der Waals surface area contributed by atoms with E-state index in [0.29, 0.717) is 13.3 Å². The lowest BCUT2D eigenvalue weighted by Crippen LogP contribution is -2.38. The van der Waals surface area contributed by atoms with Crippen molar-refractivity contribution in [2.24, 2.45) is 12.0 Å². The van der Waals surface area contributed by atoms with E-state index in [-0.39, 0.29) is 24.0 Å². The normalized spacial score (nSPS) is 12.6. The number of aryl methyl sites for hydroxylation is 1. The van der Waals surface area contributed by atoms with Gasteiger partial charge in [-0.05, 0) is 37.1 Å². The van der Waals surface area contributed by atoms with Crippen LogP contribution in [0.3, 0.4) is 0 Å². The van der Waals surface area contributed by atoms with Gasteiger partial charge in [0, 0.05) is 26.3 Å². The van der Waals surface area contributed by atoms with Gasteiger partial charge in [0.2, 0.25) is 6.79 Å². The Morgan fingerprint density at radius 3 is 2.84 bits per heavy atom. The zero-order valence-electron chi connectivity index (χ0n) is 14.5. The van der Waals surface area contributed by atoms with Crippen molar-refractivity contribution in [2.45, 2.75) is 19.9 Å². The predicted octanol–water partition coefficient (Wildman–Crippen LogP) is 2.06. The fraction of sp³-hybridized carbons (Fsp3) is 0.412. The number of rotatable bonds is 6. The molecule has 2 aromatic rings. The van der Waals surface area contributed by atoms with Crippen LogP contribution in [0.15, 0.2) is 35.5 Å². The molecule has 1 aromatic carbocycles. The number of hydrogen-bond donors (Lipinski definition) is 2. The summed E-state index contributed by atoms with van der Waals surface area (Å²) in [5, 5.41) is 10.8. The number of fused-ring (bicyclic) bond motifs is 1. The molecule has 0 radical (unpaired) electrons. The molecule has 3 rings (SSSR count). The lowest BCUT2D eigenvalue weighted by atomic mass is 10.1. The highest BCUT2D eigenvalue weighted by Gasteiger charge is 2.12. The van der Waals surface area contributed by atoms with E-state index in [0.717, 1.165) is 42.7 Å². The Kier molecular flexibility index (Phi) is 7.35. The predicted molar refractivity (Wildman–Crippen MR) is 108 cm³/mol. The van der Waals surface area contributed by atoms with E-state index < -0.39 is 0 Å². The van der Waals surface area contributed by atoms with Crippen LogP contribution >= 0.6 is 24.0 Å². The van der Waals surface area contributed by atoms with Gasteiger partial charge in [-0.15, -0.1) is 24.0 Å². The summed E-state index contributed by atoms with van der Waals surface area (Å²) in [6.07, 6.45) is 2.66. The number of guanidine groups is 1. The molecule has 1 aromatic heterocycles. The van der Waals surface area contributed by atoms with Crippen LogP contribution in [0.4, 0.5) is 0 Å². The minimum atomic E-state index is 0. The van der Waals surface area contributed by atoms with Gasteiger partial charge < -0.3 is 20.1 Å². The molecule has 0 saturated carbocycles. The summed E-state index contributed by atoms with van der Waals surface area (Å²) in [5.41, 5.74) is 2.28. The van der Waals surface area contributed by atoms with Crippen LogP contribution in [-0.2, 0) is 20.0 Å². The molecule has 0 unspecified atom stereocenters. The van der Waals surface area contributed by atoms with Crippen molar-refractivity contribution < 1.29 is 9.47 Å². The Balaban J connectivity index is 0.00000225. The van der Waals surface area contributed by atoms with E-state index in [4.69, 9.17) is 9.47 Å². The molecule has 1 aliphatic rings. The third-order valence-corrected chi connectivity index (χ3v) is 3.81. The Hall–Kier alpha value is -1.97. The summed E-state index contributed by atoms with van der Waals surface area (Å²) in [5.74, 6) is 2.45. The van der Waals surface area contributed by atoms with Crippen molar-refractivity contribution >= 4 is 29.9 Å². The maximum Gasteiger partial charge on any atom is 0.231 e. The molecular weight excluding hydrogens is 433 g/mol. The van der Waals surface area contributed by atoms with Gasteiger partial charge in [-0.25, -0.2) is 4.99 Å². The average Bonchev–Trinajstić information content (AvgIpc) is 3.21. The highest BCUT2D eigenvalue weighted by atomic mass is 127. The first-order valence-electron chi connectivity index (χ1n) is 8.14. The molecular formula is C17H24IN5O2. The van der Waals surface area contributed by atoms with E-state index in [2.05, 4.69) is 33.7 Å². The highest BCUT2D eigenvalue weighted by molar-refractivity contribution is 14.0. The monoisotopic (exact) mass is 457 g/mol. The molecule has 0 spiro atoms. The van der Waals surface area contributed by atoms with Gasteiger partial charge in [-0.1, -0.05) is 6.07 Å². The van der Waals surface area contributed by atoms with Crippen LogP contribution in [0.25, 0.3) is 0 Å². The molecule has 0 aliphatic carbocycles. The number of hydrogen-bond acceptors (Lipinski definition) is 4. The second-order valence-electron chi connectivity index (χ2n) is 5.51. The van der Waals surface area contributed by atoms with E-state index in [9.17, 15) is 0 Å². The molecule has 0 bridgehead atoms. The SMILES string of the molecule is CCNC(=NCc1ccnn1C)NCCc1ccc2c(c1)OCO2.I. The van der Waals surface area contributed by atoms with Crippen LogP contribution in [-0.4, -0.2) is 35.6 Å². The zero-order chi connectivity index (χ0) is 16.8. The molecule has 2 N–H and O–H groups in total. The van der Waals surface area contributed by atoms with Crippen molar-refractivity contribution in [1.29, 1.82) is 0 Å². The smallest absolute Gasteiger partial charge is 0.231 e. The summed E-state index contributed by atoms with van der Waals surface area (Å²) in [4.78, 5) is 4.59. The lowest BCUT2D eigenvalue weighted by Gasteiger charge is -2.11. The van der Waals surface area contributed by atoms with E-state index in [1.807, 2.05) is 29.9 Å². The third kappa shape index (κ3) is 5.25. The highest BCUT2D eigenvalue weighted by Crippen LogP contribution is 2.32. The number of nitrogens with one attached hydrogen (secondary N) is 2.